The van der Waals surface area contributed by atoms with E-state index >= 15 is 0 Å². The Morgan fingerprint density at radius 3 is 1.44 bits per heavy atom. The fourth-order valence-electron chi connectivity index (χ4n) is 2.99. The van der Waals surface area contributed by atoms with E-state index in [-0.39, 0.29) is 11.2 Å². The SMILES string of the molecule is CCC(C)c1ccc(C(C)(O)C(F)(F)F)cc1.CCC(C)c1ccc(OC(C)(C)C)cc1. The lowest BCUT2D eigenvalue weighted by molar-refractivity contribution is -0.258. The zero-order valence-corrected chi connectivity index (χ0v) is 20.7. The number of rotatable bonds is 6. The molecule has 0 aromatic heterocycles. The zero-order valence-electron chi connectivity index (χ0n) is 20.7. The average molecular weight is 453 g/mol. The molecule has 0 radical (unpaired) electrons. The van der Waals surface area contributed by atoms with Crippen LogP contribution in [0, 0.1) is 0 Å². The molecule has 3 atom stereocenters. The largest absolute Gasteiger partial charge is 0.488 e. The minimum Gasteiger partial charge on any atom is -0.488 e. The molecule has 0 aliphatic rings. The highest BCUT2D eigenvalue weighted by Gasteiger charge is 2.51. The van der Waals surface area contributed by atoms with Gasteiger partial charge in [-0.25, -0.2) is 0 Å². The van der Waals surface area contributed by atoms with E-state index in [1.807, 2.05) is 13.8 Å². The van der Waals surface area contributed by atoms with Gasteiger partial charge in [0.05, 0.1) is 0 Å². The summed E-state index contributed by atoms with van der Waals surface area (Å²) in [5, 5.41) is 9.48. The first-order chi connectivity index (χ1) is 14.6. The van der Waals surface area contributed by atoms with Crippen LogP contribution in [0.25, 0.3) is 0 Å². The van der Waals surface area contributed by atoms with Gasteiger partial charge in [-0.05, 0) is 81.2 Å². The van der Waals surface area contributed by atoms with Crippen molar-refractivity contribution in [3.05, 3.63) is 65.2 Å². The molecule has 0 aliphatic heterocycles. The van der Waals surface area contributed by atoms with Crippen molar-refractivity contribution < 1.29 is 23.0 Å². The van der Waals surface area contributed by atoms with Gasteiger partial charge in [0, 0.05) is 0 Å². The highest BCUT2D eigenvalue weighted by Crippen LogP contribution is 2.38. The van der Waals surface area contributed by atoms with Gasteiger partial charge in [0.25, 0.3) is 0 Å². The second kappa shape index (κ2) is 11.2. The number of halogens is 3. The highest BCUT2D eigenvalue weighted by molar-refractivity contribution is 5.30. The fourth-order valence-corrected chi connectivity index (χ4v) is 2.99. The maximum atomic E-state index is 12.6. The molecular weight excluding hydrogens is 413 g/mol. The summed E-state index contributed by atoms with van der Waals surface area (Å²) in [7, 11) is 0. The molecule has 3 unspecified atom stereocenters. The number of aliphatic hydroxyl groups is 1. The van der Waals surface area contributed by atoms with Crippen molar-refractivity contribution in [2.75, 3.05) is 0 Å². The van der Waals surface area contributed by atoms with Crippen LogP contribution >= 0.6 is 0 Å². The van der Waals surface area contributed by atoms with Crippen LogP contribution in [-0.2, 0) is 5.60 Å². The van der Waals surface area contributed by atoms with Crippen LogP contribution in [-0.4, -0.2) is 16.9 Å². The lowest BCUT2D eigenvalue weighted by atomic mass is 9.91. The Balaban J connectivity index is 0.000000323. The van der Waals surface area contributed by atoms with Crippen LogP contribution in [0.15, 0.2) is 48.5 Å². The average Bonchev–Trinajstić information content (AvgIpc) is 2.71. The van der Waals surface area contributed by atoms with Crippen LogP contribution < -0.4 is 4.74 Å². The lowest BCUT2D eigenvalue weighted by Crippen LogP contribution is -2.39. The van der Waals surface area contributed by atoms with E-state index in [1.165, 1.54) is 24.1 Å². The first-order valence-corrected chi connectivity index (χ1v) is 11.3. The summed E-state index contributed by atoms with van der Waals surface area (Å²) in [6.07, 6.45) is -2.56. The standard InChI is InChI=1S/C14H22O.C13H17F3O/c1-6-11(2)12-7-9-13(10-8-12)15-14(3,4)5;1-4-9(2)10-5-7-11(8-6-10)12(3,17)13(14,15)16/h7-11H,6H2,1-5H3;5-9,17H,4H2,1-3H3. The molecule has 0 amide bonds. The molecule has 0 bridgehead atoms. The quantitative estimate of drug-likeness (QED) is 0.477. The molecule has 180 valence electrons. The minimum atomic E-state index is -4.66. The first kappa shape index (κ1) is 28.0. The number of benzene rings is 2. The maximum Gasteiger partial charge on any atom is 0.421 e. The van der Waals surface area contributed by atoms with Gasteiger partial charge in [-0.3, -0.25) is 0 Å². The molecule has 0 saturated carbocycles. The molecule has 0 aliphatic carbocycles. The molecule has 0 spiro atoms. The molecule has 2 aromatic carbocycles. The van der Waals surface area contributed by atoms with E-state index in [2.05, 4.69) is 58.9 Å². The Hall–Kier alpha value is -2.01. The number of alkyl halides is 3. The third kappa shape index (κ3) is 8.16. The van der Waals surface area contributed by atoms with Crippen molar-refractivity contribution in [2.24, 2.45) is 0 Å². The minimum absolute atomic E-state index is 0.113. The summed E-state index contributed by atoms with van der Waals surface area (Å²) < 4.78 is 43.6. The van der Waals surface area contributed by atoms with E-state index in [0.29, 0.717) is 11.8 Å². The number of hydrogen-bond acceptors (Lipinski definition) is 2. The van der Waals surface area contributed by atoms with Crippen LogP contribution in [0.3, 0.4) is 0 Å². The van der Waals surface area contributed by atoms with Crippen molar-refractivity contribution in [3.63, 3.8) is 0 Å². The topological polar surface area (TPSA) is 29.5 Å². The van der Waals surface area contributed by atoms with E-state index in [9.17, 15) is 18.3 Å². The van der Waals surface area contributed by atoms with E-state index in [0.717, 1.165) is 24.7 Å². The van der Waals surface area contributed by atoms with Crippen molar-refractivity contribution >= 4 is 0 Å². The predicted octanol–water partition coefficient (Wildman–Crippen LogP) is 8.35. The van der Waals surface area contributed by atoms with Crippen LogP contribution in [0.2, 0.25) is 0 Å². The monoisotopic (exact) mass is 452 g/mol. The lowest BCUT2D eigenvalue weighted by Gasteiger charge is -2.27. The Morgan fingerprint density at radius 2 is 1.12 bits per heavy atom. The summed E-state index contributed by atoms with van der Waals surface area (Å²) in [5.74, 6) is 1.89. The summed E-state index contributed by atoms with van der Waals surface area (Å²) >= 11 is 0. The van der Waals surface area contributed by atoms with Gasteiger partial charge in [0.1, 0.15) is 11.4 Å². The third-order valence-corrected chi connectivity index (χ3v) is 5.69. The Bertz CT molecular complexity index is 801. The molecule has 1 N–H and O–H groups in total. The van der Waals surface area contributed by atoms with Gasteiger partial charge < -0.3 is 9.84 Å². The van der Waals surface area contributed by atoms with Crippen LogP contribution in [0.5, 0.6) is 5.75 Å². The van der Waals surface area contributed by atoms with Crippen molar-refractivity contribution in [1.82, 2.24) is 0 Å². The Labute approximate surface area is 191 Å². The Kier molecular flexibility index (Phi) is 9.83. The second-order valence-electron chi connectivity index (χ2n) is 9.59. The van der Waals surface area contributed by atoms with Crippen molar-refractivity contribution in [1.29, 1.82) is 0 Å². The second-order valence-corrected chi connectivity index (χ2v) is 9.59. The van der Waals surface area contributed by atoms with E-state index in [1.54, 1.807) is 12.1 Å². The first-order valence-electron chi connectivity index (χ1n) is 11.3. The smallest absolute Gasteiger partial charge is 0.421 e. The molecule has 0 heterocycles. The van der Waals surface area contributed by atoms with Crippen molar-refractivity contribution in [3.8, 4) is 5.75 Å². The van der Waals surface area contributed by atoms with Gasteiger partial charge in [-0.15, -0.1) is 0 Å². The van der Waals surface area contributed by atoms with Crippen LogP contribution in [0.4, 0.5) is 13.2 Å². The number of ether oxygens (including phenoxy) is 1. The molecule has 2 nitrogen and oxygen atoms in total. The summed E-state index contributed by atoms with van der Waals surface area (Å²) in [4.78, 5) is 0. The zero-order chi connectivity index (χ0) is 24.7. The molecule has 32 heavy (non-hydrogen) atoms. The van der Waals surface area contributed by atoms with Gasteiger partial charge >= 0.3 is 6.18 Å². The summed E-state index contributed by atoms with van der Waals surface area (Å²) in [6.45, 7) is 15.5. The van der Waals surface area contributed by atoms with Gasteiger partial charge in [0.2, 0.25) is 0 Å². The molecule has 0 fully saturated rings. The Morgan fingerprint density at radius 1 is 0.750 bits per heavy atom. The van der Waals surface area contributed by atoms with Gasteiger partial charge in [-0.2, -0.15) is 13.2 Å². The molecular formula is C27H39F3O2. The predicted molar refractivity (Wildman–Crippen MR) is 126 cm³/mol. The van der Waals surface area contributed by atoms with Crippen molar-refractivity contribution in [2.45, 2.75) is 97.4 Å². The van der Waals surface area contributed by atoms with Gasteiger partial charge in [-0.1, -0.05) is 64.1 Å². The fraction of sp³-hybridized carbons (Fsp3) is 0.556. The normalized spacial score (nSPS) is 15.8. The van der Waals surface area contributed by atoms with E-state index < -0.39 is 11.8 Å². The number of hydrogen-bond donors (Lipinski definition) is 1. The highest BCUT2D eigenvalue weighted by atomic mass is 19.4. The third-order valence-electron chi connectivity index (χ3n) is 5.69. The van der Waals surface area contributed by atoms with Gasteiger partial charge in [0.15, 0.2) is 5.60 Å². The maximum absolute atomic E-state index is 12.6. The van der Waals surface area contributed by atoms with Crippen LogP contribution in [0.1, 0.15) is 96.8 Å². The molecule has 2 rings (SSSR count). The summed E-state index contributed by atoms with van der Waals surface area (Å²) in [5.41, 5.74) is -0.663. The molecule has 2 aromatic rings. The molecule has 0 saturated heterocycles. The summed E-state index contributed by atoms with van der Waals surface area (Å²) in [6, 6.07) is 14.4. The molecule has 5 heteroatoms. The van der Waals surface area contributed by atoms with E-state index in [4.69, 9.17) is 4.74 Å².